The van der Waals surface area contributed by atoms with Gasteiger partial charge in [-0.1, -0.05) is 61.4 Å². The fraction of sp³-hybridized carbons (Fsp3) is 0.545. The zero-order chi connectivity index (χ0) is 44.3. The molecule has 4 amide bonds. The van der Waals surface area contributed by atoms with E-state index in [2.05, 4.69) is 15.4 Å². The van der Waals surface area contributed by atoms with Gasteiger partial charge in [-0.05, 0) is 84.4 Å². The third-order valence-electron chi connectivity index (χ3n) is 11.3. The molecule has 16 nitrogen and oxygen atoms in total. The number of carbonyl (C=O) groups is 5. The lowest BCUT2D eigenvalue weighted by molar-refractivity contribution is -0.141. The van der Waals surface area contributed by atoms with Gasteiger partial charge in [0.2, 0.25) is 11.8 Å². The van der Waals surface area contributed by atoms with Crippen LogP contribution in [-0.2, 0) is 35.8 Å². The van der Waals surface area contributed by atoms with Gasteiger partial charge in [-0.15, -0.1) is 0 Å². The summed E-state index contributed by atoms with van der Waals surface area (Å²) in [5, 5.41) is 5.60. The van der Waals surface area contributed by atoms with E-state index in [4.69, 9.17) is 14.5 Å². The van der Waals surface area contributed by atoms with Crippen LogP contribution in [0.5, 0.6) is 6.01 Å². The van der Waals surface area contributed by atoms with E-state index in [0.717, 1.165) is 22.7 Å². The maximum absolute atomic E-state index is 14.7. The van der Waals surface area contributed by atoms with E-state index in [1.54, 1.807) is 26.8 Å². The molecule has 2 aromatic carbocycles. The quantitative estimate of drug-likeness (QED) is 0.174. The van der Waals surface area contributed by atoms with Gasteiger partial charge in [0.15, 0.2) is 5.78 Å². The second-order valence-electron chi connectivity index (χ2n) is 17.7. The first-order valence-corrected chi connectivity index (χ1v) is 22.5. The Balaban J connectivity index is 1.33. The number of aryl methyl sites for hydroxylation is 1. The first-order valence-electron chi connectivity index (χ1n) is 21.1. The SMILES string of the molecule is CC(C)n1c(O[C@@H]2C[C@H]3C(=O)N[C@]4(C(=O)NS(=O)(=O)N(C)C)C[C@@H]4/C=C\CCCCC[C@H](NC(=O)OC(C)(C)C)C(=O)N3C2)nc2c(C(=O)CCc3ccccc3)cccc21. The van der Waals surface area contributed by atoms with Gasteiger partial charge >= 0.3 is 16.3 Å². The number of Topliss-reactive ketones (excluding diaryl/α,β-unsaturated/α-hetero) is 1. The maximum Gasteiger partial charge on any atom is 0.408 e. The predicted octanol–water partition coefficient (Wildman–Crippen LogP) is 4.99. The standard InChI is InChI=1S/C44H59N7O9S/c1-28(2)51-34-22-16-20-32(36(52)24-23-29-17-12-11-13-18-29)37(34)46-41(51)59-31-25-35-38(53)47-44(40(55)48-61(57,58)49(6)7)26-30(44)19-14-9-8-10-15-21-33(39(54)50(35)27-31)45-42(56)60-43(3,4)5/h11-14,16-20,22,28,30-31,33,35H,8-10,15,21,23-27H2,1-7H3,(H,45,56)(H,47,53)(H,48,55)/b19-14-/t30-,31+,33-,35-,44+/m0/s1. The van der Waals surface area contributed by atoms with Gasteiger partial charge in [-0.2, -0.15) is 17.7 Å². The molecule has 17 heteroatoms. The highest BCUT2D eigenvalue weighted by atomic mass is 32.2. The van der Waals surface area contributed by atoms with Crippen molar-refractivity contribution in [2.45, 2.75) is 128 Å². The number of nitrogens with one attached hydrogen (secondary N) is 3. The Hall–Kier alpha value is -5.29. The third-order valence-corrected chi connectivity index (χ3v) is 12.7. The molecule has 0 radical (unpaired) electrons. The number of ketones is 1. The van der Waals surface area contributed by atoms with Gasteiger partial charge in [-0.3, -0.25) is 23.7 Å². The van der Waals surface area contributed by atoms with Crippen LogP contribution in [0, 0.1) is 5.92 Å². The average molecular weight is 862 g/mol. The summed E-state index contributed by atoms with van der Waals surface area (Å²) in [6.07, 6.45) is 6.17. The summed E-state index contributed by atoms with van der Waals surface area (Å²) in [5.41, 5.74) is 0.235. The lowest BCUT2D eigenvalue weighted by Gasteiger charge is -2.30. The highest BCUT2D eigenvalue weighted by Crippen LogP contribution is 2.46. The smallest absolute Gasteiger partial charge is 0.408 e. The van der Waals surface area contributed by atoms with Crippen LogP contribution in [0.4, 0.5) is 4.79 Å². The number of benzene rings is 2. The van der Waals surface area contributed by atoms with Crippen LogP contribution in [0.25, 0.3) is 11.0 Å². The number of fused-ring (bicyclic) bond motifs is 3. The van der Waals surface area contributed by atoms with Gasteiger partial charge in [0.1, 0.15) is 34.8 Å². The fourth-order valence-electron chi connectivity index (χ4n) is 8.00. The Labute approximate surface area is 358 Å². The number of imidazole rings is 1. The van der Waals surface area contributed by atoms with Crippen molar-refractivity contribution < 1.29 is 41.9 Å². The average Bonchev–Trinajstić information content (AvgIpc) is 3.51. The summed E-state index contributed by atoms with van der Waals surface area (Å²) in [6, 6.07) is 13.0. The molecule has 1 saturated carbocycles. The number of aromatic nitrogens is 2. The second-order valence-corrected chi connectivity index (χ2v) is 19.6. The molecular formula is C44H59N7O9S. The first-order chi connectivity index (χ1) is 28.8. The Kier molecular flexibility index (Phi) is 13.6. The molecule has 3 aromatic rings. The predicted molar refractivity (Wildman–Crippen MR) is 229 cm³/mol. The number of rotatable bonds is 11. The number of hydrogen-bond donors (Lipinski definition) is 3. The monoisotopic (exact) mass is 861 g/mol. The molecule has 3 heterocycles. The van der Waals surface area contributed by atoms with Crippen molar-refractivity contribution in [3.63, 3.8) is 0 Å². The number of amides is 4. The third kappa shape index (κ3) is 10.6. The molecule has 2 fully saturated rings. The van der Waals surface area contributed by atoms with Gasteiger partial charge in [0, 0.05) is 44.5 Å². The molecule has 3 N–H and O–H groups in total. The van der Waals surface area contributed by atoms with Crippen molar-refractivity contribution in [2.24, 2.45) is 5.92 Å². The summed E-state index contributed by atoms with van der Waals surface area (Å²) < 4.78 is 42.6. The molecule has 5 atom stereocenters. The van der Waals surface area contributed by atoms with Gasteiger partial charge in [0.05, 0.1) is 12.1 Å². The van der Waals surface area contributed by atoms with Crippen LogP contribution in [0.3, 0.4) is 0 Å². The Morgan fingerprint density at radius 1 is 1.03 bits per heavy atom. The van der Waals surface area contributed by atoms with Crippen LogP contribution in [0.1, 0.15) is 108 Å². The minimum absolute atomic E-state index is 0.0188. The summed E-state index contributed by atoms with van der Waals surface area (Å²) in [6.45, 7) is 9.00. The van der Waals surface area contributed by atoms with E-state index in [-0.39, 0.29) is 50.1 Å². The molecule has 61 heavy (non-hydrogen) atoms. The number of nitrogens with zero attached hydrogens (tertiary/aromatic N) is 4. The van der Waals surface area contributed by atoms with E-state index < -0.39 is 69.3 Å². The highest BCUT2D eigenvalue weighted by molar-refractivity contribution is 7.87. The topological polar surface area (TPSA) is 198 Å². The van der Waals surface area contributed by atoms with Crippen LogP contribution in [0.2, 0.25) is 0 Å². The number of carbonyl (C=O) groups excluding carboxylic acids is 5. The van der Waals surface area contributed by atoms with E-state index in [9.17, 15) is 32.4 Å². The molecular weight excluding hydrogens is 803 g/mol. The number of para-hydroxylation sites is 1. The highest BCUT2D eigenvalue weighted by Gasteiger charge is 2.62. The van der Waals surface area contributed by atoms with E-state index in [0.29, 0.717) is 35.9 Å². The summed E-state index contributed by atoms with van der Waals surface area (Å²) in [5.74, 6) is -2.66. The Morgan fingerprint density at radius 2 is 1.77 bits per heavy atom. The molecule has 0 bridgehead atoms. The fourth-order valence-corrected chi connectivity index (χ4v) is 8.60. The van der Waals surface area contributed by atoms with Crippen molar-refractivity contribution in [3.8, 4) is 6.01 Å². The molecule has 330 valence electrons. The van der Waals surface area contributed by atoms with E-state index in [1.807, 2.05) is 73.0 Å². The largest absolute Gasteiger partial charge is 0.459 e. The Morgan fingerprint density at radius 3 is 2.46 bits per heavy atom. The van der Waals surface area contributed by atoms with Crippen LogP contribution < -0.4 is 20.1 Å². The molecule has 6 rings (SSSR count). The molecule has 1 aromatic heterocycles. The summed E-state index contributed by atoms with van der Waals surface area (Å²) in [4.78, 5) is 76.0. The van der Waals surface area contributed by atoms with Crippen molar-refractivity contribution in [2.75, 3.05) is 20.6 Å². The van der Waals surface area contributed by atoms with Crippen molar-refractivity contribution in [1.82, 2.24) is 34.1 Å². The maximum atomic E-state index is 14.7. The number of allylic oxidation sites excluding steroid dienone is 1. The molecule has 0 unspecified atom stereocenters. The van der Waals surface area contributed by atoms with Crippen molar-refractivity contribution in [1.29, 1.82) is 0 Å². The minimum atomic E-state index is -4.20. The Bertz CT molecular complexity index is 2270. The summed E-state index contributed by atoms with van der Waals surface area (Å²) in [7, 11) is -1.63. The second kappa shape index (κ2) is 18.4. The zero-order valence-electron chi connectivity index (χ0n) is 36.1. The van der Waals surface area contributed by atoms with Gasteiger partial charge in [-0.25, -0.2) is 9.52 Å². The lowest BCUT2D eigenvalue weighted by Crippen LogP contribution is -2.58. The summed E-state index contributed by atoms with van der Waals surface area (Å²) >= 11 is 0. The molecule has 0 spiro atoms. The van der Waals surface area contributed by atoms with Crippen molar-refractivity contribution in [3.05, 3.63) is 71.8 Å². The van der Waals surface area contributed by atoms with Crippen LogP contribution in [0.15, 0.2) is 60.7 Å². The molecule has 3 aliphatic rings. The zero-order valence-corrected chi connectivity index (χ0v) is 36.9. The number of alkyl carbamates (subject to hydrolysis) is 1. The lowest BCUT2D eigenvalue weighted by atomic mass is 10.0. The van der Waals surface area contributed by atoms with E-state index in [1.165, 1.54) is 19.0 Å². The minimum Gasteiger partial charge on any atom is -0.459 e. The van der Waals surface area contributed by atoms with Crippen LogP contribution in [-0.4, -0.2) is 107 Å². The first kappa shape index (κ1) is 45.2. The molecule has 1 saturated heterocycles. The molecule has 1 aliphatic carbocycles. The van der Waals surface area contributed by atoms with Crippen LogP contribution >= 0.6 is 0 Å². The normalized spacial score (nSPS) is 24.2. The number of hydrogen-bond acceptors (Lipinski definition) is 10. The van der Waals surface area contributed by atoms with Crippen molar-refractivity contribution >= 4 is 50.8 Å². The molecule has 2 aliphatic heterocycles. The van der Waals surface area contributed by atoms with Gasteiger partial charge < -0.3 is 25.0 Å². The van der Waals surface area contributed by atoms with E-state index >= 15 is 0 Å². The number of ether oxygens (including phenoxy) is 2. The van der Waals surface area contributed by atoms with Gasteiger partial charge in [0.25, 0.3) is 11.9 Å².